The van der Waals surface area contributed by atoms with Crippen molar-refractivity contribution in [1.82, 2.24) is 10.6 Å². The number of amides is 2. The van der Waals surface area contributed by atoms with Crippen LogP contribution in [0.2, 0.25) is 0 Å². The van der Waals surface area contributed by atoms with E-state index >= 15 is 0 Å². The molecule has 0 spiro atoms. The van der Waals surface area contributed by atoms with Crippen LogP contribution in [0, 0.1) is 11.3 Å². The molecule has 0 bridgehead atoms. The summed E-state index contributed by atoms with van der Waals surface area (Å²) in [5.74, 6) is -3.41. The first-order valence-corrected chi connectivity index (χ1v) is 8.00. The van der Waals surface area contributed by atoms with Crippen molar-refractivity contribution in [3.8, 4) is 6.07 Å². The number of carboxylic acids is 1. The molecule has 0 aliphatic carbocycles. The molecule has 2 unspecified atom stereocenters. The summed E-state index contributed by atoms with van der Waals surface area (Å²) in [6.07, 6.45) is 0.0781. The smallest absolute Gasteiger partial charge is 0.303 e. The average Bonchev–Trinajstić information content (AvgIpc) is 2.33. The molecule has 0 heterocycles. The van der Waals surface area contributed by atoms with E-state index < -0.39 is 51.9 Å². The summed E-state index contributed by atoms with van der Waals surface area (Å²) >= 11 is 0. The highest BCUT2D eigenvalue weighted by Crippen LogP contribution is 1.97. The standard InChI is InChI=1S/C11H17N3O6S/c1-7(5-12)13-11(18)8(6-21(2,19)20)14-9(15)3-4-10(16)17/h7-8H,3-4,6H2,1-2H3,(H,13,18)(H,14,15)(H,16,17). The fourth-order valence-corrected chi connectivity index (χ4v) is 2.16. The van der Waals surface area contributed by atoms with Crippen LogP contribution in [0.15, 0.2) is 0 Å². The first-order valence-electron chi connectivity index (χ1n) is 5.94. The Labute approximate surface area is 122 Å². The van der Waals surface area contributed by atoms with Crippen LogP contribution in [0.3, 0.4) is 0 Å². The summed E-state index contributed by atoms with van der Waals surface area (Å²) < 4.78 is 22.5. The summed E-state index contributed by atoms with van der Waals surface area (Å²) in [5, 5.41) is 21.4. The lowest BCUT2D eigenvalue weighted by atomic mass is 10.2. The lowest BCUT2D eigenvalue weighted by molar-refractivity contribution is -0.139. The molecule has 2 amide bonds. The van der Waals surface area contributed by atoms with Gasteiger partial charge in [-0.25, -0.2) is 8.42 Å². The number of nitrogens with one attached hydrogen (secondary N) is 2. The van der Waals surface area contributed by atoms with Gasteiger partial charge in [-0.2, -0.15) is 5.26 Å². The Balaban J connectivity index is 4.82. The van der Waals surface area contributed by atoms with Gasteiger partial charge in [0.25, 0.3) is 0 Å². The van der Waals surface area contributed by atoms with E-state index in [4.69, 9.17) is 10.4 Å². The quantitative estimate of drug-likeness (QED) is 0.487. The number of aliphatic carboxylic acids is 1. The predicted octanol–water partition coefficient (Wildman–Crippen LogP) is -1.59. The van der Waals surface area contributed by atoms with Crippen LogP contribution in [0.1, 0.15) is 19.8 Å². The van der Waals surface area contributed by atoms with Crippen LogP contribution in [-0.4, -0.2) is 55.4 Å². The molecule has 10 heteroatoms. The van der Waals surface area contributed by atoms with E-state index in [0.717, 1.165) is 6.26 Å². The molecule has 0 saturated heterocycles. The predicted molar refractivity (Wildman–Crippen MR) is 71.7 cm³/mol. The summed E-state index contributed by atoms with van der Waals surface area (Å²) in [7, 11) is -3.56. The zero-order valence-corrected chi connectivity index (χ0v) is 12.4. The monoisotopic (exact) mass is 319 g/mol. The van der Waals surface area contributed by atoms with E-state index in [0.29, 0.717) is 0 Å². The van der Waals surface area contributed by atoms with Crippen molar-refractivity contribution in [2.45, 2.75) is 31.8 Å². The highest BCUT2D eigenvalue weighted by molar-refractivity contribution is 7.90. The molecule has 0 radical (unpaired) electrons. The van der Waals surface area contributed by atoms with Gasteiger partial charge in [-0.3, -0.25) is 14.4 Å². The Morgan fingerprint density at radius 1 is 1.24 bits per heavy atom. The van der Waals surface area contributed by atoms with Crippen molar-refractivity contribution in [2.75, 3.05) is 12.0 Å². The number of sulfone groups is 1. The van der Waals surface area contributed by atoms with E-state index in [1.54, 1.807) is 6.07 Å². The second kappa shape index (κ2) is 8.21. The summed E-state index contributed by atoms with van der Waals surface area (Å²) in [4.78, 5) is 33.6. The highest BCUT2D eigenvalue weighted by atomic mass is 32.2. The van der Waals surface area contributed by atoms with Crippen molar-refractivity contribution in [1.29, 1.82) is 5.26 Å². The number of carbonyl (C=O) groups is 3. The molecule has 0 aliphatic heterocycles. The maximum Gasteiger partial charge on any atom is 0.303 e. The minimum Gasteiger partial charge on any atom is -0.481 e. The van der Waals surface area contributed by atoms with Gasteiger partial charge in [0.15, 0.2) is 0 Å². The molecule has 0 aromatic rings. The maximum atomic E-state index is 11.8. The minimum absolute atomic E-state index is 0.378. The van der Waals surface area contributed by atoms with Crippen LogP contribution in [-0.2, 0) is 24.2 Å². The first-order chi connectivity index (χ1) is 9.55. The van der Waals surface area contributed by atoms with Crippen molar-refractivity contribution >= 4 is 27.6 Å². The average molecular weight is 319 g/mol. The molecule has 3 N–H and O–H groups in total. The van der Waals surface area contributed by atoms with Gasteiger partial charge in [0.2, 0.25) is 11.8 Å². The molecule has 0 rings (SSSR count). The number of nitriles is 1. The molecule has 0 fully saturated rings. The van der Waals surface area contributed by atoms with Gasteiger partial charge in [-0.15, -0.1) is 0 Å². The number of hydrogen-bond donors (Lipinski definition) is 3. The van der Waals surface area contributed by atoms with Crippen LogP contribution >= 0.6 is 0 Å². The zero-order chi connectivity index (χ0) is 16.6. The SMILES string of the molecule is CC(C#N)NC(=O)C(CS(C)(=O)=O)NC(=O)CCC(=O)O. The van der Waals surface area contributed by atoms with E-state index in [1.165, 1.54) is 6.92 Å². The normalized spacial score (nSPS) is 13.6. The number of rotatable bonds is 8. The van der Waals surface area contributed by atoms with Gasteiger partial charge in [0.1, 0.15) is 21.9 Å². The molecule has 21 heavy (non-hydrogen) atoms. The number of hydrogen-bond acceptors (Lipinski definition) is 6. The van der Waals surface area contributed by atoms with Crippen molar-refractivity contribution in [3.63, 3.8) is 0 Å². The Morgan fingerprint density at radius 2 is 1.81 bits per heavy atom. The van der Waals surface area contributed by atoms with Crippen LogP contribution in [0.4, 0.5) is 0 Å². The van der Waals surface area contributed by atoms with Crippen LogP contribution in [0.25, 0.3) is 0 Å². The van der Waals surface area contributed by atoms with Crippen molar-refractivity contribution < 1.29 is 27.9 Å². The molecule has 0 aromatic carbocycles. The lowest BCUT2D eigenvalue weighted by Crippen LogP contribution is -2.52. The first kappa shape index (κ1) is 18.9. The number of carboxylic acid groups (broad SMARTS) is 1. The topological polar surface area (TPSA) is 153 Å². The highest BCUT2D eigenvalue weighted by Gasteiger charge is 2.26. The van der Waals surface area contributed by atoms with Gasteiger partial charge in [0, 0.05) is 12.7 Å². The Morgan fingerprint density at radius 3 is 2.24 bits per heavy atom. The van der Waals surface area contributed by atoms with Crippen molar-refractivity contribution in [2.24, 2.45) is 0 Å². The molecular weight excluding hydrogens is 302 g/mol. The van der Waals surface area contributed by atoms with Crippen LogP contribution in [0.5, 0.6) is 0 Å². The third kappa shape index (κ3) is 9.39. The zero-order valence-electron chi connectivity index (χ0n) is 11.6. The Kier molecular flexibility index (Phi) is 7.37. The second-order valence-corrected chi connectivity index (χ2v) is 6.65. The molecule has 118 valence electrons. The fraction of sp³-hybridized carbons (Fsp3) is 0.636. The largest absolute Gasteiger partial charge is 0.481 e. The van der Waals surface area contributed by atoms with E-state index in [-0.39, 0.29) is 6.42 Å². The van der Waals surface area contributed by atoms with Crippen molar-refractivity contribution in [3.05, 3.63) is 0 Å². The van der Waals surface area contributed by atoms with E-state index in [2.05, 4.69) is 10.6 Å². The Hall–Kier alpha value is -2.15. The lowest BCUT2D eigenvalue weighted by Gasteiger charge is -2.18. The van der Waals surface area contributed by atoms with E-state index in [9.17, 15) is 22.8 Å². The molecule has 0 saturated carbocycles. The number of carbonyl (C=O) groups excluding carboxylic acids is 2. The Bertz CT molecular complexity index is 551. The summed E-state index contributed by atoms with van der Waals surface area (Å²) in [5.41, 5.74) is 0. The number of nitrogens with zero attached hydrogens (tertiary/aromatic N) is 1. The third-order valence-corrected chi connectivity index (χ3v) is 3.18. The van der Waals surface area contributed by atoms with E-state index in [1.807, 2.05) is 0 Å². The minimum atomic E-state index is -3.56. The molecule has 9 nitrogen and oxygen atoms in total. The molecule has 0 aromatic heterocycles. The molecule has 2 atom stereocenters. The molecule has 0 aliphatic rings. The van der Waals surface area contributed by atoms with Crippen LogP contribution < -0.4 is 10.6 Å². The fourth-order valence-electron chi connectivity index (χ4n) is 1.32. The van der Waals surface area contributed by atoms with Gasteiger partial charge >= 0.3 is 5.97 Å². The maximum absolute atomic E-state index is 11.8. The summed E-state index contributed by atoms with van der Waals surface area (Å²) in [6.45, 7) is 1.39. The second-order valence-electron chi connectivity index (χ2n) is 4.47. The molecular formula is C11H17N3O6S. The third-order valence-electron chi connectivity index (χ3n) is 2.24. The van der Waals surface area contributed by atoms with Gasteiger partial charge in [-0.1, -0.05) is 0 Å². The summed E-state index contributed by atoms with van der Waals surface area (Å²) in [6, 6.07) is -0.494. The van der Waals surface area contributed by atoms with Gasteiger partial charge in [0.05, 0.1) is 18.2 Å². The van der Waals surface area contributed by atoms with Gasteiger partial charge < -0.3 is 15.7 Å². The van der Waals surface area contributed by atoms with Gasteiger partial charge in [-0.05, 0) is 6.92 Å².